The summed E-state index contributed by atoms with van der Waals surface area (Å²) in [6.45, 7) is 10.4. The number of benzene rings is 1. The molecule has 0 unspecified atom stereocenters. The van der Waals surface area contributed by atoms with Gasteiger partial charge in [-0.05, 0) is 25.0 Å². The lowest BCUT2D eigenvalue weighted by atomic mass is 10.1. The molecule has 1 amide bonds. The van der Waals surface area contributed by atoms with E-state index in [0.29, 0.717) is 18.2 Å². The van der Waals surface area contributed by atoms with Crippen molar-refractivity contribution in [3.8, 4) is 5.75 Å². The summed E-state index contributed by atoms with van der Waals surface area (Å²) < 4.78 is 0. The van der Waals surface area contributed by atoms with Crippen molar-refractivity contribution in [2.45, 2.75) is 26.8 Å². The minimum absolute atomic E-state index is 0.132. The number of carbonyl (C=O) groups is 1. The quantitative estimate of drug-likeness (QED) is 0.731. The van der Waals surface area contributed by atoms with E-state index in [4.69, 9.17) is 0 Å². The summed E-state index contributed by atoms with van der Waals surface area (Å²) >= 11 is 0. The molecular formula is C17H28N3O2+. The minimum Gasteiger partial charge on any atom is -0.506 e. The van der Waals surface area contributed by atoms with Crippen LogP contribution >= 0.6 is 0 Å². The molecule has 5 nitrogen and oxygen atoms in total. The number of phenols is 1. The highest BCUT2D eigenvalue weighted by Crippen LogP contribution is 2.25. The van der Waals surface area contributed by atoms with Crippen molar-refractivity contribution < 1.29 is 14.8 Å². The van der Waals surface area contributed by atoms with Crippen molar-refractivity contribution in [3.05, 3.63) is 24.3 Å². The fourth-order valence-corrected chi connectivity index (χ4v) is 2.67. The van der Waals surface area contributed by atoms with Crippen molar-refractivity contribution in [1.82, 2.24) is 5.32 Å². The monoisotopic (exact) mass is 306 g/mol. The van der Waals surface area contributed by atoms with E-state index in [1.54, 1.807) is 6.07 Å². The van der Waals surface area contributed by atoms with Crippen LogP contribution in [0.1, 0.15) is 20.8 Å². The maximum Gasteiger partial charge on any atom is 0.275 e. The predicted octanol–water partition coefficient (Wildman–Crippen LogP) is 0.258. The molecule has 1 aromatic rings. The van der Waals surface area contributed by atoms with E-state index >= 15 is 0 Å². The molecule has 1 atom stereocenters. The first-order chi connectivity index (χ1) is 10.5. The number of carbonyl (C=O) groups excluding carboxylic acids is 1. The molecule has 0 aromatic heterocycles. The first-order valence-electron chi connectivity index (χ1n) is 8.13. The highest BCUT2D eigenvalue weighted by Gasteiger charge is 2.24. The van der Waals surface area contributed by atoms with Crippen LogP contribution < -0.4 is 15.1 Å². The number of aromatic hydroxyl groups is 1. The number of phenolic OH excluding ortho intramolecular Hbond substituents is 1. The van der Waals surface area contributed by atoms with Crippen LogP contribution in [0.15, 0.2) is 24.3 Å². The smallest absolute Gasteiger partial charge is 0.275 e. The topological polar surface area (TPSA) is 57.0 Å². The second kappa shape index (κ2) is 7.49. The van der Waals surface area contributed by atoms with Crippen LogP contribution in [0.3, 0.4) is 0 Å². The summed E-state index contributed by atoms with van der Waals surface area (Å²) in [5, 5.41) is 13.0. The number of nitrogens with zero attached hydrogens (tertiary/aromatic N) is 1. The summed E-state index contributed by atoms with van der Waals surface area (Å²) in [5.41, 5.74) is 0.888. The summed E-state index contributed by atoms with van der Waals surface area (Å²) in [5.74, 6) is 0.915. The Bertz CT molecular complexity index is 496. The molecule has 1 fully saturated rings. The third kappa shape index (κ3) is 4.37. The molecule has 0 radical (unpaired) electrons. The molecule has 2 rings (SSSR count). The fourth-order valence-electron chi connectivity index (χ4n) is 2.67. The van der Waals surface area contributed by atoms with E-state index in [9.17, 15) is 9.90 Å². The van der Waals surface area contributed by atoms with E-state index < -0.39 is 0 Å². The lowest BCUT2D eigenvalue weighted by molar-refractivity contribution is -0.892. The Morgan fingerprint density at radius 3 is 2.50 bits per heavy atom. The van der Waals surface area contributed by atoms with Gasteiger partial charge in [0.15, 0.2) is 6.54 Å². The molecule has 5 heteroatoms. The Labute approximate surface area is 132 Å². The van der Waals surface area contributed by atoms with Crippen LogP contribution in [0.2, 0.25) is 0 Å². The van der Waals surface area contributed by atoms with Gasteiger partial charge in [-0.25, -0.2) is 0 Å². The lowest BCUT2D eigenvalue weighted by Gasteiger charge is -2.33. The van der Waals surface area contributed by atoms with Crippen molar-refractivity contribution in [2.75, 3.05) is 37.6 Å². The van der Waals surface area contributed by atoms with Crippen molar-refractivity contribution in [1.29, 1.82) is 0 Å². The summed E-state index contributed by atoms with van der Waals surface area (Å²) in [6.07, 6.45) is 0. The standard InChI is InChI=1S/C17H27N3O2/c1-13(2)14(3)18-17(22)12-19-8-10-20(11-9-19)15-6-4-5-7-16(15)21/h4-7,13-14,21H,8-12H2,1-3H3,(H,18,22)/p+1/t14-/m0/s1. The SMILES string of the molecule is CC(C)[C@H](C)NC(=O)C[NH+]1CCN(c2ccccc2O)CC1. The zero-order valence-corrected chi connectivity index (χ0v) is 13.8. The molecule has 0 saturated carbocycles. The second-order valence-corrected chi connectivity index (χ2v) is 6.50. The molecule has 1 aromatic carbocycles. The second-order valence-electron chi connectivity index (χ2n) is 6.50. The van der Waals surface area contributed by atoms with E-state index in [2.05, 4.69) is 24.1 Å². The first kappa shape index (κ1) is 16.6. The summed E-state index contributed by atoms with van der Waals surface area (Å²) in [6, 6.07) is 7.65. The molecule has 1 saturated heterocycles. The summed E-state index contributed by atoms with van der Waals surface area (Å²) in [7, 11) is 0. The number of amides is 1. The fraction of sp³-hybridized carbons (Fsp3) is 0.588. The van der Waals surface area contributed by atoms with Gasteiger partial charge >= 0.3 is 0 Å². The summed E-state index contributed by atoms with van der Waals surface area (Å²) in [4.78, 5) is 15.5. The number of nitrogens with one attached hydrogen (secondary N) is 2. The van der Waals surface area contributed by atoms with Gasteiger partial charge in [0.1, 0.15) is 5.75 Å². The third-order valence-electron chi connectivity index (χ3n) is 4.49. The van der Waals surface area contributed by atoms with Gasteiger partial charge in [0.2, 0.25) is 0 Å². The van der Waals surface area contributed by atoms with Gasteiger partial charge in [-0.3, -0.25) is 4.79 Å². The van der Waals surface area contributed by atoms with Crippen molar-refractivity contribution >= 4 is 11.6 Å². The van der Waals surface area contributed by atoms with E-state index in [-0.39, 0.29) is 11.9 Å². The maximum absolute atomic E-state index is 12.0. The number of rotatable bonds is 5. The van der Waals surface area contributed by atoms with Gasteiger partial charge in [-0.1, -0.05) is 26.0 Å². The van der Waals surface area contributed by atoms with Crippen LogP contribution in [-0.2, 0) is 4.79 Å². The molecule has 1 aliphatic rings. The number of quaternary nitrogens is 1. The molecule has 1 heterocycles. The van der Waals surface area contributed by atoms with Gasteiger partial charge in [0.05, 0.1) is 31.9 Å². The van der Waals surface area contributed by atoms with Gasteiger partial charge in [0, 0.05) is 6.04 Å². The number of piperazine rings is 1. The first-order valence-corrected chi connectivity index (χ1v) is 8.13. The third-order valence-corrected chi connectivity index (χ3v) is 4.49. The molecule has 0 aliphatic carbocycles. The van der Waals surface area contributed by atoms with Crippen LogP contribution in [0.5, 0.6) is 5.75 Å². The highest BCUT2D eigenvalue weighted by molar-refractivity contribution is 5.77. The largest absolute Gasteiger partial charge is 0.506 e. The Morgan fingerprint density at radius 1 is 1.27 bits per heavy atom. The Kier molecular flexibility index (Phi) is 5.66. The lowest BCUT2D eigenvalue weighted by Crippen LogP contribution is -3.16. The molecule has 0 bridgehead atoms. The predicted molar refractivity (Wildman–Crippen MR) is 88.3 cm³/mol. The average molecular weight is 306 g/mol. The molecule has 122 valence electrons. The Morgan fingerprint density at radius 2 is 1.91 bits per heavy atom. The van der Waals surface area contributed by atoms with E-state index in [1.807, 2.05) is 25.1 Å². The normalized spacial score (nSPS) is 17.5. The average Bonchev–Trinajstić information content (AvgIpc) is 2.48. The number of hydrogen-bond acceptors (Lipinski definition) is 3. The van der Waals surface area contributed by atoms with Crippen LogP contribution in [0, 0.1) is 5.92 Å². The van der Waals surface area contributed by atoms with E-state index in [0.717, 1.165) is 31.9 Å². The van der Waals surface area contributed by atoms with Gasteiger partial charge in [0.25, 0.3) is 5.91 Å². The molecule has 3 N–H and O–H groups in total. The van der Waals surface area contributed by atoms with Gasteiger partial charge < -0.3 is 20.2 Å². The number of para-hydroxylation sites is 2. The van der Waals surface area contributed by atoms with Gasteiger partial charge in [-0.2, -0.15) is 0 Å². The highest BCUT2D eigenvalue weighted by atomic mass is 16.3. The molecule has 22 heavy (non-hydrogen) atoms. The molecule has 1 aliphatic heterocycles. The van der Waals surface area contributed by atoms with E-state index in [1.165, 1.54) is 4.90 Å². The maximum atomic E-state index is 12.0. The Balaban J connectivity index is 1.80. The van der Waals surface area contributed by atoms with Crippen LogP contribution in [0.25, 0.3) is 0 Å². The molecular weight excluding hydrogens is 278 g/mol. The Hall–Kier alpha value is -1.75. The minimum atomic E-state index is 0.132. The number of hydrogen-bond donors (Lipinski definition) is 3. The van der Waals surface area contributed by atoms with Crippen LogP contribution in [0.4, 0.5) is 5.69 Å². The van der Waals surface area contributed by atoms with Crippen molar-refractivity contribution in [2.24, 2.45) is 5.92 Å². The molecule has 0 spiro atoms. The zero-order chi connectivity index (χ0) is 16.1. The van der Waals surface area contributed by atoms with Gasteiger partial charge in [-0.15, -0.1) is 0 Å². The number of anilines is 1. The van der Waals surface area contributed by atoms with Crippen LogP contribution in [-0.4, -0.2) is 49.8 Å². The zero-order valence-electron chi connectivity index (χ0n) is 13.8. The van der Waals surface area contributed by atoms with Crippen molar-refractivity contribution in [3.63, 3.8) is 0 Å².